The van der Waals surface area contributed by atoms with Crippen LogP contribution in [-0.4, -0.2) is 44.1 Å². The van der Waals surface area contributed by atoms with Crippen LogP contribution in [-0.2, 0) is 4.74 Å². The molecule has 0 bridgehead atoms. The second kappa shape index (κ2) is 9.30. The van der Waals surface area contributed by atoms with E-state index in [1.807, 2.05) is 49.4 Å². The van der Waals surface area contributed by atoms with Crippen molar-refractivity contribution in [3.8, 4) is 16.9 Å². The summed E-state index contributed by atoms with van der Waals surface area (Å²) in [7, 11) is 1.66. The molecule has 0 aliphatic heterocycles. The largest absolute Gasteiger partial charge is 0.491 e. The van der Waals surface area contributed by atoms with E-state index in [2.05, 4.69) is 17.4 Å². The molecule has 0 heterocycles. The summed E-state index contributed by atoms with van der Waals surface area (Å²) in [5.41, 5.74) is 2.32. The van der Waals surface area contributed by atoms with Crippen molar-refractivity contribution < 1.29 is 14.6 Å². The first kappa shape index (κ1) is 17.5. The Kier molecular flexibility index (Phi) is 7.07. The summed E-state index contributed by atoms with van der Waals surface area (Å²) in [6.45, 7) is 3.37. The van der Waals surface area contributed by atoms with Gasteiger partial charge in [-0.3, -0.25) is 0 Å². The lowest BCUT2D eigenvalue weighted by atomic mass is 10.1. The normalized spacial score (nSPS) is 13.5. The van der Waals surface area contributed by atoms with Gasteiger partial charge in [0.05, 0.1) is 6.61 Å². The summed E-state index contributed by atoms with van der Waals surface area (Å²) in [6, 6.07) is 18.3. The number of hydrogen-bond acceptors (Lipinski definition) is 4. The summed E-state index contributed by atoms with van der Waals surface area (Å²) in [6.07, 6.45) is -0.553. The van der Waals surface area contributed by atoms with Gasteiger partial charge in [0.2, 0.25) is 0 Å². The highest BCUT2D eigenvalue weighted by atomic mass is 16.5. The van der Waals surface area contributed by atoms with Crippen molar-refractivity contribution in [2.45, 2.75) is 19.1 Å². The molecule has 0 saturated carbocycles. The zero-order valence-electron chi connectivity index (χ0n) is 13.7. The number of aliphatic hydroxyl groups excluding tert-OH is 1. The van der Waals surface area contributed by atoms with Crippen LogP contribution in [0.5, 0.6) is 5.75 Å². The Morgan fingerprint density at radius 1 is 0.957 bits per heavy atom. The Bertz CT molecular complexity index is 557. The first-order valence-electron chi connectivity index (χ1n) is 7.87. The van der Waals surface area contributed by atoms with E-state index in [0.717, 1.165) is 11.3 Å². The molecule has 4 heteroatoms. The van der Waals surface area contributed by atoms with E-state index in [-0.39, 0.29) is 12.6 Å². The first-order chi connectivity index (χ1) is 11.2. The Morgan fingerprint density at radius 2 is 1.61 bits per heavy atom. The monoisotopic (exact) mass is 315 g/mol. The highest BCUT2D eigenvalue weighted by molar-refractivity contribution is 5.63. The predicted molar refractivity (Wildman–Crippen MR) is 92.7 cm³/mol. The van der Waals surface area contributed by atoms with Gasteiger partial charge in [0.1, 0.15) is 18.5 Å². The van der Waals surface area contributed by atoms with E-state index < -0.39 is 6.10 Å². The van der Waals surface area contributed by atoms with Gasteiger partial charge in [0.15, 0.2) is 0 Å². The van der Waals surface area contributed by atoms with E-state index in [9.17, 15) is 5.11 Å². The van der Waals surface area contributed by atoms with E-state index >= 15 is 0 Å². The summed E-state index contributed by atoms with van der Waals surface area (Å²) < 4.78 is 10.7. The van der Waals surface area contributed by atoms with Crippen LogP contribution >= 0.6 is 0 Å². The number of methoxy groups -OCH3 is 1. The van der Waals surface area contributed by atoms with Crippen molar-refractivity contribution in [3.05, 3.63) is 54.6 Å². The van der Waals surface area contributed by atoms with Crippen molar-refractivity contribution >= 4 is 0 Å². The van der Waals surface area contributed by atoms with Crippen LogP contribution in [0.25, 0.3) is 11.1 Å². The van der Waals surface area contributed by atoms with Crippen molar-refractivity contribution in [2.75, 3.05) is 26.9 Å². The smallest absolute Gasteiger partial charge is 0.119 e. The SMILES string of the molecule is COC[C@H](C)NC[C@H](O)COc1ccc(-c2ccccc2)cc1. The molecule has 0 radical (unpaired) electrons. The molecule has 23 heavy (non-hydrogen) atoms. The number of benzene rings is 2. The van der Waals surface area contributed by atoms with Gasteiger partial charge in [0, 0.05) is 19.7 Å². The highest BCUT2D eigenvalue weighted by Crippen LogP contribution is 2.22. The summed E-state index contributed by atoms with van der Waals surface area (Å²) in [5.74, 6) is 0.758. The van der Waals surface area contributed by atoms with Crippen molar-refractivity contribution in [2.24, 2.45) is 0 Å². The fourth-order valence-corrected chi connectivity index (χ4v) is 2.27. The third-order valence-electron chi connectivity index (χ3n) is 3.52. The maximum Gasteiger partial charge on any atom is 0.119 e. The molecule has 0 fully saturated rings. The lowest BCUT2D eigenvalue weighted by molar-refractivity contribution is 0.0973. The number of rotatable bonds is 9. The Labute approximate surface area is 138 Å². The third-order valence-corrected chi connectivity index (χ3v) is 3.52. The highest BCUT2D eigenvalue weighted by Gasteiger charge is 2.08. The second-order valence-corrected chi connectivity index (χ2v) is 5.62. The molecule has 2 aromatic rings. The maximum absolute atomic E-state index is 9.93. The van der Waals surface area contributed by atoms with E-state index in [1.165, 1.54) is 5.56 Å². The summed E-state index contributed by atoms with van der Waals surface area (Å²) >= 11 is 0. The van der Waals surface area contributed by atoms with Gasteiger partial charge in [-0.05, 0) is 30.2 Å². The number of aliphatic hydroxyl groups is 1. The van der Waals surface area contributed by atoms with Crippen molar-refractivity contribution in [1.82, 2.24) is 5.32 Å². The Hall–Kier alpha value is -1.88. The van der Waals surface area contributed by atoms with Crippen molar-refractivity contribution in [1.29, 1.82) is 0 Å². The molecular weight excluding hydrogens is 290 g/mol. The van der Waals surface area contributed by atoms with Crippen molar-refractivity contribution in [3.63, 3.8) is 0 Å². The topological polar surface area (TPSA) is 50.7 Å². The fraction of sp³-hybridized carbons (Fsp3) is 0.368. The average molecular weight is 315 g/mol. The molecular formula is C19H25NO3. The molecule has 2 atom stereocenters. The number of ether oxygens (including phenoxy) is 2. The zero-order valence-corrected chi connectivity index (χ0v) is 13.7. The molecule has 0 aromatic heterocycles. The van der Waals surface area contributed by atoms with Gasteiger partial charge in [0.25, 0.3) is 0 Å². The van der Waals surface area contributed by atoms with Gasteiger partial charge in [-0.2, -0.15) is 0 Å². The number of nitrogens with one attached hydrogen (secondary N) is 1. The molecule has 4 nitrogen and oxygen atoms in total. The molecule has 0 amide bonds. The summed E-state index contributed by atoms with van der Waals surface area (Å²) in [5, 5.41) is 13.1. The molecule has 0 aliphatic carbocycles. The molecule has 2 aromatic carbocycles. The summed E-state index contributed by atoms with van der Waals surface area (Å²) in [4.78, 5) is 0. The third kappa shape index (κ3) is 6.02. The van der Waals surface area contributed by atoms with E-state index in [4.69, 9.17) is 9.47 Å². The van der Waals surface area contributed by atoms with Gasteiger partial charge < -0.3 is 19.9 Å². The standard InChI is InChI=1S/C19H25NO3/c1-15(13-22-2)20-12-18(21)14-23-19-10-8-17(9-11-19)16-6-4-3-5-7-16/h3-11,15,18,20-21H,12-14H2,1-2H3/t15-,18-/m0/s1. The maximum atomic E-state index is 9.93. The molecule has 0 aliphatic rings. The Morgan fingerprint density at radius 3 is 2.26 bits per heavy atom. The minimum absolute atomic E-state index is 0.208. The van der Waals surface area contributed by atoms with Crippen LogP contribution in [0.15, 0.2) is 54.6 Å². The van der Waals surface area contributed by atoms with Crippen LogP contribution in [0.2, 0.25) is 0 Å². The molecule has 0 spiro atoms. The number of hydrogen-bond donors (Lipinski definition) is 2. The minimum Gasteiger partial charge on any atom is -0.491 e. The van der Waals surface area contributed by atoms with Crippen LogP contribution in [0.3, 0.4) is 0 Å². The molecule has 0 unspecified atom stereocenters. The van der Waals surface area contributed by atoms with E-state index in [1.54, 1.807) is 7.11 Å². The fourth-order valence-electron chi connectivity index (χ4n) is 2.27. The lowest BCUT2D eigenvalue weighted by Crippen LogP contribution is -2.38. The second-order valence-electron chi connectivity index (χ2n) is 5.62. The first-order valence-corrected chi connectivity index (χ1v) is 7.87. The Balaban J connectivity index is 1.78. The van der Waals surface area contributed by atoms with Gasteiger partial charge in [-0.1, -0.05) is 42.5 Å². The van der Waals surface area contributed by atoms with Gasteiger partial charge >= 0.3 is 0 Å². The van der Waals surface area contributed by atoms with E-state index in [0.29, 0.717) is 13.2 Å². The van der Waals surface area contributed by atoms with Crippen LogP contribution in [0.4, 0.5) is 0 Å². The molecule has 2 N–H and O–H groups in total. The van der Waals surface area contributed by atoms with Gasteiger partial charge in [-0.15, -0.1) is 0 Å². The lowest BCUT2D eigenvalue weighted by Gasteiger charge is -2.17. The molecule has 124 valence electrons. The predicted octanol–water partition coefficient (Wildman–Crippen LogP) is 2.72. The molecule has 2 rings (SSSR count). The molecule has 0 saturated heterocycles. The minimum atomic E-state index is -0.553. The van der Waals surface area contributed by atoms with Gasteiger partial charge in [-0.25, -0.2) is 0 Å². The van der Waals surface area contributed by atoms with Crippen LogP contribution in [0, 0.1) is 0 Å². The quantitative estimate of drug-likeness (QED) is 0.747. The van der Waals surface area contributed by atoms with Crippen LogP contribution < -0.4 is 10.1 Å². The van der Waals surface area contributed by atoms with Crippen LogP contribution in [0.1, 0.15) is 6.92 Å². The average Bonchev–Trinajstić information content (AvgIpc) is 2.59. The zero-order chi connectivity index (χ0) is 16.5.